The normalized spacial score (nSPS) is 10.8. The Bertz CT molecular complexity index is 899. The first kappa shape index (κ1) is 17.0. The summed E-state index contributed by atoms with van der Waals surface area (Å²) in [5.74, 6) is 1.40. The average Bonchev–Trinajstić information content (AvgIpc) is 2.98. The molecule has 5 nitrogen and oxygen atoms in total. The first-order valence-electron chi connectivity index (χ1n) is 8.49. The fourth-order valence-corrected chi connectivity index (χ4v) is 2.79. The predicted molar refractivity (Wildman–Crippen MR) is 98.7 cm³/mol. The van der Waals surface area contributed by atoms with Gasteiger partial charge in [0, 0.05) is 6.54 Å². The number of nitrogens with zero attached hydrogens (tertiary/aromatic N) is 2. The lowest BCUT2D eigenvalue weighted by atomic mass is 10.1. The Kier molecular flexibility index (Phi) is 5.03. The van der Waals surface area contributed by atoms with E-state index in [1.807, 2.05) is 56.3 Å². The molecule has 5 heteroatoms. The Morgan fingerprint density at radius 3 is 2.72 bits per heavy atom. The van der Waals surface area contributed by atoms with E-state index in [0.29, 0.717) is 12.3 Å². The van der Waals surface area contributed by atoms with E-state index in [4.69, 9.17) is 4.74 Å². The van der Waals surface area contributed by atoms with E-state index in [0.717, 1.165) is 29.0 Å². The van der Waals surface area contributed by atoms with Crippen molar-refractivity contribution >= 4 is 16.9 Å². The number of benzene rings is 2. The summed E-state index contributed by atoms with van der Waals surface area (Å²) in [6.45, 7) is 7.34. The highest BCUT2D eigenvalue weighted by Crippen LogP contribution is 2.17. The number of rotatable bonds is 6. The quantitative estimate of drug-likeness (QED) is 0.750. The lowest BCUT2D eigenvalue weighted by Gasteiger charge is -2.10. The summed E-state index contributed by atoms with van der Waals surface area (Å²) in [6, 6.07) is 13.8. The maximum absolute atomic E-state index is 12.1. The van der Waals surface area contributed by atoms with Gasteiger partial charge in [0.2, 0.25) is 0 Å². The van der Waals surface area contributed by atoms with E-state index in [1.54, 1.807) is 0 Å². The molecule has 0 atom stereocenters. The van der Waals surface area contributed by atoms with Crippen molar-refractivity contribution in [2.24, 2.45) is 0 Å². The molecule has 0 aliphatic heterocycles. The van der Waals surface area contributed by atoms with E-state index in [-0.39, 0.29) is 12.5 Å². The van der Waals surface area contributed by atoms with Gasteiger partial charge in [-0.15, -0.1) is 0 Å². The first-order chi connectivity index (χ1) is 12.1. The zero-order valence-electron chi connectivity index (χ0n) is 14.9. The van der Waals surface area contributed by atoms with Crippen molar-refractivity contribution in [2.45, 2.75) is 33.9 Å². The molecule has 25 heavy (non-hydrogen) atoms. The second kappa shape index (κ2) is 7.38. The zero-order chi connectivity index (χ0) is 17.8. The van der Waals surface area contributed by atoms with Crippen LogP contribution in [0.5, 0.6) is 5.75 Å². The monoisotopic (exact) mass is 337 g/mol. The first-order valence-corrected chi connectivity index (χ1v) is 8.49. The van der Waals surface area contributed by atoms with Crippen molar-refractivity contribution in [1.82, 2.24) is 14.9 Å². The van der Waals surface area contributed by atoms with E-state index in [9.17, 15) is 4.79 Å². The predicted octanol–water partition coefficient (Wildman–Crippen LogP) is 3.37. The molecule has 0 bridgehead atoms. The topological polar surface area (TPSA) is 56.2 Å². The van der Waals surface area contributed by atoms with Crippen molar-refractivity contribution < 1.29 is 9.53 Å². The molecule has 1 heterocycles. The van der Waals surface area contributed by atoms with E-state index in [1.165, 1.54) is 5.56 Å². The lowest BCUT2D eigenvalue weighted by molar-refractivity contribution is -0.123. The molecule has 0 saturated heterocycles. The van der Waals surface area contributed by atoms with Crippen LogP contribution in [0.4, 0.5) is 0 Å². The molecule has 130 valence electrons. The third kappa shape index (κ3) is 3.82. The molecule has 0 aliphatic rings. The Morgan fingerprint density at radius 1 is 1.16 bits per heavy atom. The number of carbonyl (C=O) groups excluding carboxylic acids is 1. The minimum Gasteiger partial charge on any atom is -0.484 e. The van der Waals surface area contributed by atoms with Crippen LogP contribution in [0, 0.1) is 13.8 Å². The summed E-state index contributed by atoms with van der Waals surface area (Å²) in [4.78, 5) is 16.7. The maximum Gasteiger partial charge on any atom is 0.258 e. The average molecular weight is 337 g/mol. The number of hydrogen-bond acceptors (Lipinski definition) is 3. The molecule has 1 aromatic heterocycles. The summed E-state index contributed by atoms with van der Waals surface area (Å²) < 4.78 is 7.68. The largest absolute Gasteiger partial charge is 0.484 e. The summed E-state index contributed by atoms with van der Waals surface area (Å²) in [6.07, 6.45) is 0. The molecule has 0 spiro atoms. The molecule has 1 amide bonds. The van der Waals surface area contributed by atoms with Gasteiger partial charge >= 0.3 is 0 Å². The standard InChI is InChI=1S/C20H23N3O2/c1-4-23-18-8-6-5-7-17(18)22-19(23)12-21-20(24)13-25-16-10-9-14(2)15(3)11-16/h5-11H,4,12-13H2,1-3H3,(H,21,24). The van der Waals surface area contributed by atoms with Gasteiger partial charge in [-0.2, -0.15) is 0 Å². The Morgan fingerprint density at radius 2 is 1.96 bits per heavy atom. The van der Waals surface area contributed by atoms with Gasteiger partial charge in [-0.3, -0.25) is 4.79 Å². The van der Waals surface area contributed by atoms with E-state index >= 15 is 0 Å². The summed E-state index contributed by atoms with van der Waals surface area (Å²) in [7, 11) is 0. The van der Waals surface area contributed by atoms with Gasteiger partial charge in [-0.25, -0.2) is 4.98 Å². The lowest BCUT2D eigenvalue weighted by Crippen LogP contribution is -2.29. The maximum atomic E-state index is 12.1. The fraction of sp³-hybridized carbons (Fsp3) is 0.300. The molecular formula is C20H23N3O2. The van der Waals surface area contributed by atoms with Gasteiger partial charge in [0.15, 0.2) is 6.61 Å². The van der Waals surface area contributed by atoms with Gasteiger partial charge in [0.05, 0.1) is 17.6 Å². The van der Waals surface area contributed by atoms with Crippen LogP contribution in [0.15, 0.2) is 42.5 Å². The number of fused-ring (bicyclic) bond motifs is 1. The Balaban J connectivity index is 1.59. The van der Waals surface area contributed by atoms with Crippen molar-refractivity contribution in [3.05, 3.63) is 59.4 Å². The minimum atomic E-state index is -0.159. The highest BCUT2D eigenvalue weighted by atomic mass is 16.5. The van der Waals surface area contributed by atoms with Crippen LogP contribution in [0.25, 0.3) is 11.0 Å². The molecule has 1 N–H and O–H groups in total. The smallest absolute Gasteiger partial charge is 0.258 e. The molecule has 0 aliphatic carbocycles. The number of aryl methyl sites for hydroxylation is 3. The van der Waals surface area contributed by atoms with Crippen molar-refractivity contribution in [1.29, 1.82) is 0 Å². The van der Waals surface area contributed by atoms with Crippen LogP contribution in [0.1, 0.15) is 23.9 Å². The van der Waals surface area contributed by atoms with E-state index in [2.05, 4.69) is 21.8 Å². The molecule has 0 unspecified atom stereocenters. The number of amides is 1. The number of carbonyl (C=O) groups is 1. The summed E-state index contributed by atoms with van der Waals surface area (Å²) in [5.41, 5.74) is 4.38. The molecular weight excluding hydrogens is 314 g/mol. The number of ether oxygens (including phenoxy) is 1. The number of hydrogen-bond donors (Lipinski definition) is 1. The Labute approximate surface area is 147 Å². The molecule has 0 radical (unpaired) electrons. The van der Waals surface area contributed by atoms with Crippen LogP contribution in [-0.2, 0) is 17.9 Å². The Hall–Kier alpha value is -2.82. The molecule has 0 saturated carbocycles. The minimum absolute atomic E-state index is 0.00510. The molecule has 2 aromatic carbocycles. The van der Waals surface area contributed by atoms with Gasteiger partial charge in [-0.05, 0) is 56.2 Å². The van der Waals surface area contributed by atoms with Gasteiger partial charge in [-0.1, -0.05) is 18.2 Å². The van der Waals surface area contributed by atoms with Crippen LogP contribution >= 0.6 is 0 Å². The van der Waals surface area contributed by atoms with Gasteiger partial charge < -0.3 is 14.6 Å². The number of aromatic nitrogens is 2. The second-order valence-electron chi connectivity index (χ2n) is 6.07. The van der Waals surface area contributed by atoms with Gasteiger partial charge in [0.1, 0.15) is 11.6 Å². The van der Waals surface area contributed by atoms with Crippen LogP contribution in [-0.4, -0.2) is 22.1 Å². The number of imidazole rings is 1. The molecule has 3 rings (SSSR count). The van der Waals surface area contributed by atoms with Crippen molar-refractivity contribution in [3.8, 4) is 5.75 Å². The van der Waals surface area contributed by atoms with Crippen molar-refractivity contribution in [2.75, 3.05) is 6.61 Å². The zero-order valence-corrected chi connectivity index (χ0v) is 14.9. The molecule has 3 aromatic rings. The summed E-state index contributed by atoms with van der Waals surface area (Å²) >= 11 is 0. The summed E-state index contributed by atoms with van der Waals surface area (Å²) in [5, 5.41) is 2.88. The van der Waals surface area contributed by atoms with Crippen LogP contribution < -0.4 is 10.1 Å². The van der Waals surface area contributed by atoms with Crippen LogP contribution in [0.2, 0.25) is 0 Å². The van der Waals surface area contributed by atoms with Crippen molar-refractivity contribution in [3.63, 3.8) is 0 Å². The van der Waals surface area contributed by atoms with Crippen LogP contribution in [0.3, 0.4) is 0 Å². The SMILES string of the molecule is CCn1c(CNC(=O)COc2ccc(C)c(C)c2)nc2ccccc21. The van der Waals surface area contributed by atoms with Gasteiger partial charge in [0.25, 0.3) is 5.91 Å². The fourth-order valence-electron chi connectivity index (χ4n) is 2.79. The second-order valence-corrected chi connectivity index (χ2v) is 6.07. The van der Waals surface area contributed by atoms with E-state index < -0.39 is 0 Å². The third-order valence-electron chi connectivity index (χ3n) is 4.34. The highest BCUT2D eigenvalue weighted by Gasteiger charge is 2.10. The highest BCUT2D eigenvalue weighted by molar-refractivity contribution is 5.78. The molecule has 0 fully saturated rings. The number of nitrogens with one attached hydrogen (secondary N) is 1. The third-order valence-corrected chi connectivity index (χ3v) is 4.34. The number of para-hydroxylation sites is 2.